The van der Waals surface area contributed by atoms with Crippen molar-refractivity contribution in [2.45, 2.75) is 20.3 Å². The van der Waals surface area contributed by atoms with Gasteiger partial charge in [0.1, 0.15) is 5.75 Å². The van der Waals surface area contributed by atoms with E-state index in [4.69, 9.17) is 9.47 Å². The lowest BCUT2D eigenvalue weighted by Crippen LogP contribution is -2.35. The molecule has 0 fully saturated rings. The minimum Gasteiger partial charge on any atom is -0.496 e. The Kier molecular flexibility index (Phi) is 7.56. The van der Waals surface area contributed by atoms with Crippen LogP contribution in [0.2, 0.25) is 0 Å². The van der Waals surface area contributed by atoms with E-state index in [1.807, 2.05) is 32.0 Å². The lowest BCUT2D eigenvalue weighted by atomic mass is 10.1. The smallest absolute Gasteiger partial charge is 0.338 e. The summed E-state index contributed by atoms with van der Waals surface area (Å²) in [5.41, 5.74) is 2.88. The van der Waals surface area contributed by atoms with Gasteiger partial charge in [-0.25, -0.2) is 4.79 Å². The molecule has 0 heterocycles. The molecule has 2 aromatic carbocycles. The number of rotatable bonds is 8. The molecule has 2 N–H and O–H groups in total. The average molecular weight is 384 g/mol. The molecule has 0 aromatic heterocycles. The summed E-state index contributed by atoms with van der Waals surface area (Å²) in [5, 5.41) is 5.18. The van der Waals surface area contributed by atoms with Gasteiger partial charge >= 0.3 is 5.97 Å². The van der Waals surface area contributed by atoms with Gasteiger partial charge in [-0.1, -0.05) is 31.2 Å². The zero-order valence-electron chi connectivity index (χ0n) is 16.2. The van der Waals surface area contributed by atoms with Gasteiger partial charge in [0.15, 0.2) is 6.61 Å². The fraction of sp³-hybridized carbons (Fsp3) is 0.286. The Morgan fingerprint density at radius 3 is 2.50 bits per heavy atom. The van der Waals surface area contributed by atoms with E-state index in [0.717, 1.165) is 17.5 Å². The van der Waals surface area contributed by atoms with Crippen molar-refractivity contribution >= 4 is 23.5 Å². The first-order chi connectivity index (χ1) is 13.4. The van der Waals surface area contributed by atoms with Crippen LogP contribution in [0.1, 0.15) is 28.4 Å². The molecule has 0 aliphatic heterocycles. The summed E-state index contributed by atoms with van der Waals surface area (Å²) in [6, 6.07) is 12.3. The summed E-state index contributed by atoms with van der Waals surface area (Å²) in [7, 11) is 1.51. The molecule has 0 atom stereocenters. The Bertz CT molecular complexity index is 864. The van der Waals surface area contributed by atoms with Gasteiger partial charge in [-0.3, -0.25) is 9.59 Å². The van der Waals surface area contributed by atoms with Crippen LogP contribution >= 0.6 is 0 Å². The fourth-order valence-corrected chi connectivity index (χ4v) is 2.54. The van der Waals surface area contributed by atoms with Crippen molar-refractivity contribution in [3.05, 3.63) is 59.2 Å². The van der Waals surface area contributed by atoms with E-state index in [0.29, 0.717) is 11.4 Å². The molecule has 0 saturated carbocycles. The minimum absolute atomic E-state index is 0.215. The van der Waals surface area contributed by atoms with Crippen LogP contribution in [-0.2, 0) is 20.7 Å². The first-order valence-electron chi connectivity index (χ1n) is 8.90. The lowest BCUT2D eigenvalue weighted by molar-refractivity contribution is -0.126. The number of hydrogen-bond acceptors (Lipinski definition) is 5. The highest BCUT2D eigenvalue weighted by molar-refractivity contribution is 5.96. The third kappa shape index (κ3) is 5.84. The van der Waals surface area contributed by atoms with Crippen molar-refractivity contribution in [3.63, 3.8) is 0 Å². The van der Waals surface area contributed by atoms with Gasteiger partial charge in [-0.15, -0.1) is 0 Å². The molecule has 2 rings (SSSR count). The van der Waals surface area contributed by atoms with E-state index in [2.05, 4.69) is 10.6 Å². The van der Waals surface area contributed by atoms with Crippen LogP contribution in [0.25, 0.3) is 0 Å². The topological polar surface area (TPSA) is 93.7 Å². The molecule has 0 unspecified atom stereocenters. The number of aryl methyl sites for hydroxylation is 2. The van der Waals surface area contributed by atoms with Gasteiger partial charge in [0, 0.05) is 5.69 Å². The Morgan fingerprint density at radius 1 is 1.04 bits per heavy atom. The zero-order valence-corrected chi connectivity index (χ0v) is 16.2. The molecule has 28 heavy (non-hydrogen) atoms. The van der Waals surface area contributed by atoms with E-state index in [-0.39, 0.29) is 18.0 Å². The number of para-hydroxylation sites is 1. The number of hydrogen-bond donors (Lipinski definition) is 2. The van der Waals surface area contributed by atoms with E-state index < -0.39 is 18.5 Å². The second kappa shape index (κ2) is 10.1. The van der Waals surface area contributed by atoms with Crippen LogP contribution in [-0.4, -0.2) is 38.0 Å². The van der Waals surface area contributed by atoms with Crippen molar-refractivity contribution in [2.24, 2.45) is 0 Å². The van der Waals surface area contributed by atoms with Gasteiger partial charge in [0.25, 0.3) is 5.91 Å². The molecule has 0 bridgehead atoms. The second-order valence-electron chi connectivity index (χ2n) is 6.10. The van der Waals surface area contributed by atoms with Crippen molar-refractivity contribution in [1.82, 2.24) is 5.32 Å². The molecular formula is C21H24N2O5. The first kappa shape index (κ1) is 21.0. The molecule has 0 radical (unpaired) electrons. The average Bonchev–Trinajstić information content (AvgIpc) is 2.71. The third-order valence-electron chi connectivity index (χ3n) is 4.10. The molecule has 7 heteroatoms. The highest BCUT2D eigenvalue weighted by Gasteiger charge is 2.13. The second-order valence-corrected chi connectivity index (χ2v) is 6.10. The number of benzene rings is 2. The largest absolute Gasteiger partial charge is 0.496 e. The molecule has 148 valence electrons. The molecule has 0 saturated heterocycles. The molecule has 0 aliphatic carbocycles. The molecule has 2 amide bonds. The standard InChI is InChI=1S/C21H24N2O5/c1-4-15-7-5-6-8-17(15)23-19(24)12-22-20(25)13-28-21(26)16-10-9-14(2)18(11-16)27-3/h5-11H,4,12-13H2,1-3H3,(H,22,25)(H,23,24). The van der Waals surface area contributed by atoms with Crippen molar-refractivity contribution in [2.75, 3.05) is 25.6 Å². The van der Waals surface area contributed by atoms with Gasteiger partial charge in [0.2, 0.25) is 5.91 Å². The van der Waals surface area contributed by atoms with Gasteiger partial charge in [-0.2, -0.15) is 0 Å². The number of anilines is 1. The zero-order chi connectivity index (χ0) is 20.5. The Labute approximate surface area is 164 Å². The van der Waals surface area contributed by atoms with Gasteiger partial charge in [0.05, 0.1) is 19.2 Å². The maximum Gasteiger partial charge on any atom is 0.338 e. The van der Waals surface area contributed by atoms with Crippen LogP contribution in [0.3, 0.4) is 0 Å². The monoisotopic (exact) mass is 384 g/mol. The van der Waals surface area contributed by atoms with E-state index >= 15 is 0 Å². The number of esters is 1. The van der Waals surface area contributed by atoms with Crippen LogP contribution in [0.4, 0.5) is 5.69 Å². The highest BCUT2D eigenvalue weighted by Crippen LogP contribution is 2.19. The van der Waals surface area contributed by atoms with Gasteiger partial charge in [-0.05, 0) is 42.7 Å². The predicted molar refractivity (Wildman–Crippen MR) is 105 cm³/mol. The Hall–Kier alpha value is -3.35. The van der Waals surface area contributed by atoms with Crippen molar-refractivity contribution < 1.29 is 23.9 Å². The summed E-state index contributed by atoms with van der Waals surface area (Å²) in [6.07, 6.45) is 0.780. The number of nitrogens with one attached hydrogen (secondary N) is 2. The summed E-state index contributed by atoms with van der Waals surface area (Å²) in [5.74, 6) is -1.01. The number of carbonyl (C=O) groups excluding carboxylic acids is 3. The Balaban J connectivity index is 1.79. The molecule has 7 nitrogen and oxygen atoms in total. The van der Waals surface area contributed by atoms with Crippen molar-refractivity contribution in [1.29, 1.82) is 0 Å². The summed E-state index contributed by atoms with van der Waals surface area (Å²) in [6.45, 7) is 3.15. The maximum absolute atomic E-state index is 12.0. The lowest BCUT2D eigenvalue weighted by Gasteiger charge is -2.11. The molecule has 2 aromatic rings. The van der Waals surface area contributed by atoms with E-state index in [1.54, 1.807) is 24.3 Å². The van der Waals surface area contributed by atoms with Crippen LogP contribution in [0.5, 0.6) is 5.75 Å². The normalized spacial score (nSPS) is 10.1. The van der Waals surface area contributed by atoms with Gasteiger partial charge < -0.3 is 20.1 Å². The van der Waals surface area contributed by atoms with Crippen molar-refractivity contribution in [3.8, 4) is 5.75 Å². The third-order valence-corrected chi connectivity index (χ3v) is 4.10. The SMILES string of the molecule is CCc1ccccc1NC(=O)CNC(=O)COC(=O)c1ccc(C)c(OC)c1. The summed E-state index contributed by atoms with van der Waals surface area (Å²) in [4.78, 5) is 35.9. The number of carbonyl (C=O) groups is 3. The summed E-state index contributed by atoms with van der Waals surface area (Å²) < 4.78 is 10.1. The highest BCUT2D eigenvalue weighted by atomic mass is 16.5. The quantitative estimate of drug-likeness (QED) is 0.682. The summed E-state index contributed by atoms with van der Waals surface area (Å²) >= 11 is 0. The first-order valence-corrected chi connectivity index (χ1v) is 8.90. The maximum atomic E-state index is 12.0. The van der Waals surface area contributed by atoms with E-state index in [1.165, 1.54) is 7.11 Å². The molecular weight excluding hydrogens is 360 g/mol. The number of methoxy groups -OCH3 is 1. The molecule has 0 aliphatic rings. The van der Waals surface area contributed by atoms with Crippen LogP contribution in [0, 0.1) is 6.92 Å². The van der Waals surface area contributed by atoms with Crippen LogP contribution in [0.15, 0.2) is 42.5 Å². The predicted octanol–water partition coefficient (Wildman–Crippen LogP) is 2.48. The molecule has 0 spiro atoms. The van der Waals surface area contributed by atoms with E-state index in [9.17, 15) is 14.4 Å². The van der Waals surface area contributed by atoms with Crippen LogP contribution < -0.4 is 15.4 Å². The fourth-order valence-electron chi connectivity index (χ4n) is 2.54. The Morgan fingerprint density at radius 2 is 1.79 bits per heavy atom. The number of amides is 2. The number of ether oxygens (including phenoxy) is 2. The minimum atomic E-state index is -0.644.